The third-order valence-corrected chi connectivity index (χ3v) is 5.89. The number of nitrogens with one attached hydrogen (secondary N) is 2. The molecule has 0 saturated carbocycles. The molecule has 0 aliphatic carbocycles. The van der Waals surface area contributed by atoms with E-state index in [1.165, 1.54) is 0 Å². The zero-order valence-corrected chi connectivity index (χ0v) is 18.6. The van der Waals surface area contributed by atoms with Crippen LogP contribution in [-0.2, 0) is 13.0 Å². The zero-order chi connectivity index (χ0) is 23.8. The number of amides is 1. The van der Waals surface area contributed by atoms with E-state index in [0.717, 1.165) is 36.3 Å². The van der Waals surface area contributed by atoms with Crippen molar-refractivity contribution in [3.63, 3.8) is 0 Å². The van der Waals surface area contributed by atoms with Crippen molar-refractivity contribution >= 4 is 35.6 Å². The number of carbonyl (C=O) groups excluding carboxylic acids is 1. The van der Waals surface area contributed by atoms with Crippen molar-refractivity contribution in [1.82, 2.24) is 19.4 Å². The highest BCUT2D eigenvalue weighted by Gasteiger charge is 2.23. The fraction of sp³-hybridized carbons (Fsp3) is 0.217. The van der Waals surface area contributed by atoms with Crippen molar-refractivity contribution in [1.29, 1.82) is 0 Å². The molecule has 0 saturated heterocycles. The number of rotatable bonds is 6. The monoisotopic (exact) mass is 457 g/mol. The molecule has 1 aliphatic rings. The summed E-state index contributed by atoms with van der Waals surface area (Å²) in [5, 5.41) is 25.7. The summed E-state index contributed by atoms with van der Waals surface area (Å²) in [6.45, 7) is 3.11. The van der Waals surface area contributed by atoms with Crippen LogP contribution < -0.4 is 21.8 Å². The molecule has 0 radical (unpaired) electrons. The molecule has 0 fully saturated rings. The second-order valence-electron chi connectivity index (χ2n) is 8.25. The van der Waals surface area contributed by atoms with Gasteiger partial charge in [0.05, 0.1) is 22.6 Å². The molecule has 0 unspecified atom stereocenters. The van der Waals surface area contributed by atoms with Gasteiger partial charge in [0.25, 0.3) is 5.91 Å². The smallest absolute Gasteiger partial charge is 0.423 e. The first-order valence-corrected chi connectivity index (χ1v) is 11.0. The fourth-order valence-corrected chi connectivity index (χ4v) is 4.27. The first kappa shape index (κ1) is 21.9. The number of imidazole rings is 1. The molecular formula is C23H24BN7O3. The average molecular weight is 457 g/mol. The largest absolute Gasteiger partial charge is 0.488 e. The molecule has 5 rings (SSSR count). The minimum absolute atomic E-state index is 0.334. The topological polar surface area (TPSA) is 151 Å². The van der Waals surface area contributed by atoms with Crippen LogP contribution in [0, 0.1) is 6.92 Å². The summed E-state index contributed by atoms with van der Waals surface area (Å²) in [5.74, 6) is 0.599. The zero-order valence-electron chi connectivity index (χ0n) is 18.6. The lowest BCUT2D eigenvalue weighted by molar-refractivity contribution is 0.100. The van der Waals surface area contributed by atoms with E-state index in [4.69, 9.17) is 15.7 Å². The van der Waals surface area contributed by atoms with Crippen LogP contribution in [0.25, 0.3) is 17.2 Å². The molecular weight excluding hydrogens is 433 g/mol. The standard InChI is InChI=1S/C23H24BN7O3/c1-13-19(31-10-4-7-16(20(25)32)23(31)28-13)22-29-17-8-3-9-26-18(17)21(30-22)27-12-14-5-2-6-15(11-14)24(33)34/h2,4-7,10-11,26,33-34H,3,8-9,12H2,1H3,(H2,25,32)(H,27,29,30). The minimum atomic E-state index is -1.52. The van der Waals surface area contributed by atoms with Crippen LogP contribution in [-0.4, -0.2) is 49.0 Å². The van der Waals surface area contributed by atoms with Crippen LogP contribution >= 0.6 is 0 Å². The second-order valence-corrected chi connectivity index (χ2v) is 8.25. The molecule has 0 bridgehead atoms. The van der Waals surface area contributed by atoms with Gasteiger partial charge in [0.1, 0.15) is 11.3 Å². The van der Waals surface area contributed by atoms with Crippen molar-refractivity contribution in [2.24, 2.45) is 5.73 Å². The molecule has 11 heteroatoms. The highest BCUT2D eigenvalue weighted by Crippen LogP contribution is 2.32. The van der Waals surface area contributed by atoms with Gasteiger partial charge in [-0.1, -0.05) is 24.3 Å². The summed E-state index contributed by atoms with van der Waals surface area (Å²) in [7, 11) is -1.52. The summed E-state index contributed by atoms with van der Waals surface area (Å²) in [4.78, 5) is 26.1. The summed E-state index contributed by atoms with van der Waals surface area (Å²) < 4.78 is 1.79. The average Bonchev–Trinajstić information content (AvgIpc) is 3.18. The van der Waals surface area contributed by atoms with E-state index >= 15 is 0 Å². The predicted octanol–water partition coefficient (Wildman–Crippen LogP) is 0.849. The number of hydrogen-bond donors (Lipinski definition) is 5. The number of nitrogens with zero attached hydrogens (tertiary/aromatic N) is 4. The van der Waals surface area contributed by atoms with Gasteiger partial charge >= 0.3 is 7.12 Å². The molecule has 172 valence electrons. The fourth-order valence-electron chi connectivity index (χ4n) is 4.27. The van der Waals surface area contributed by atoms with E-state index in [0.29, 0.717) is 46.2 Å². The van der Waals surface area contributed by atoms with Gasteiger partial charge in [0, 0.05) is 19.3 Å². The highest BCUT2D eigenvalue weighted by molar-refractivity contribution is 6.58. The maximum absolute atomic E-state index is 11.9. The number of primary amides is 1. The van der Waals surface area contributed by atoms with Gasteiger partial charge in [-0.05, 0) is 42.9 Å². The van der Waals surface area contributed by atoms with Crippen molar-refractivity contribution < 1.29 is 14.8 Å². The number of benzene rings is 1. The quantitative estimate of drug-likeness (QED) is 0.268. The Morgan fingerprint density at radius 2 is 2.09 bits per heavy atom. The van der Waals surface area contributed by atoms with Crippen LogP contribution in [0.3, 0.4) is 0 Å². The van der Waals surface area contributed by atoms with Gasteiger partial charge in [-0.3, -0.25) is 9.20 Å². The number of aryl methyl sites for hydroxylation is 2. The van der Waals surface area contributed by atoms with E-state index in [1.807, 2.05) is 19.2 Å². The molecule has 34 heavy (non-hydrogen) atoms. The van der Waals surface area contributed by atoms with Gasteiger partial charge in [-0.25, -0.2) is 15.0 Å². The van der Waals surface area contributed by atoms with Crippen LogP contribution in [0.1, 0.15) is 33.7 Å². The minimum Gasteiger partial charge on any atom is -0.423 e. The Morgan fingerprint density at radius 1 is 1.24 bits per heavy atom. The lowest BCUT2D eigenvalue weighted by Crippen LogP contribution is -2.30. The summed E-state index contributed by atoms with van der Waals surface area (Å²) in [6.07, 6.45) is 3.58. The highest BCUT2D eigenvalue weighted by atomic mass is 16.4. The Labute approximate surface area is 196 Å². The second kappa shape index (κ2) is 8.77. The molecule has 4 aromatic rings. The molecule has 3 aromatic heterocycles. The Hall–Kier alpha value is -3.96. The number of pyridine rings is 1. The number of aromatic nitrogens is 4. The molecule has 1 aliphatic heterocycles. The molecule has 0 atom stereocenters. The van der Waals surface area contributed by atoms with Crippen molar-refractivity contribution in [3.05, 3.63) is 65.1 Å². The predicted molar refractivity (Wildman–Crippen MR) is 130 cm³/mol. The number of anilines is 2. The summed E-state index contributed by atoms with van der Waals surface area (Å²) in [5.41, 5.74) is 10.8. The van der Waals surface area contributed by atoms with E-state index in [2.05, 4.69) is 15.6 Å². The van der Waals surface area contributed by atoms with Crippen LogP contribution in [0.2, 0.25) is 0 Å². The third kappa shape index (κ3) is 3.95. The molecule has 10 nitrogen and oxygen atoms in total. The van der Waals surface area contributed by atoms with Gasteiger partial charge < -0.3 is 26.4 Å². The molecule has 0 spiro atoms. The molecule has 4 heterocycles. The Balaban J connectivity index is 1.57. The first-order chi connectivity index (χ1) is 16.4. The SMILES string of the molecule is Cc1nc2c(C(N)=O)cccn2c1-c1nc2c(c(NCc3cccc(B(O)O)c3)n1)NCCC2. The van der Waals surface area contributed by atoms with Crippen molar-refractivity contribution in [2.45, 2.75) is 26.3 Å². The third-order valence-electron chi connectivity index (χ3n) is 5.89. The van der Waals surface area contributed by atoms with E-state index in [9.17, 15) is 14.8 Å². The van der Waals surface area contributed by atoms with Crippen LogP contribution in [0.4, 0.5) is 11.5 Å². The number of nitrogens with two attached hydrogens (primary N) is 1. The summed E-state index contributed by atoms with van der Waals surface area (Å²) >= 11 is 0. The summed E-state index contributed by atoms with van der Waals surface area (Å²) in [6, 6.07) is 10.5. The van der Waals surface area contributed by atoms with E-state index < -0.39 is 13.0 Å². The van der Waals surface area contributed by atoms with Gasteiger partial charge in [-0.15, -0.1) is 0 Å². The van der Waals surface area contributed by atoms with Crippen LogP contribution in [0.15, 0.2) is 42.6 Å². The normalized spacial score (nSPS) is 12.8. The molecule has 6 N–H and O–H groups in total. The van der Waals surface area contributed by atoms with E-state index in [1.54, 1.807) is 34.7 Å². The van der Waals surface area contributed by atoms with Gasteiger partial charge in [0.15, 0.2) is 11.6 Å². The Kier molecular flexibility index (Phi) is 5.64. The molecule has 1 aromatic carbocycles. The lowest BCUT2D eigenvalue weighted by Gasteiger charge is -2.21. The Morgan fingerprint density at radius 3 is 2.88 bits per heavy atom. The first-order valence-electron chi connectivity index (χ1n) is 11.0. The van der Waals surface area contributed by atoms with Crippen molar-refractivity contribution in [2.75, 3.05) is 17.2 Å². The number of carbonyl (C=O) groups is 1. The van der Waals surface area contributed by atoms with Gasteiger partial charge in [0.2, 0.25) is 0 Å². The van der Waals surface area contributed by atoms with Crippen LogP contribution in [0.5, 0.6) is 0 Å². The van der Waals surface area contributed by atoms with Crippen molar-refractivity contribution in [3.8, 4) is 11.5 Å². The molecule has 1 amide bonds. The maximum Gasteiger partial charge on any atom is 0.488 e. The van der Waals surface area contributed by atoms with E-state index in [-0.39, 0.29) is 0 Å². The number of hydrogen-bond acceptors (Lipinski definition) is 8. The maximum atomic E-state index is 11.9. The number of fused-ring (bicyclic) bond motifs is 2. The lowest BCUT2D eigenvalue weighted by atomic mass is 9.80. The Bertz CT molecular complexity index is 1400. The van der Waals surface area contributed by atoms with Gasteiger partial charge in [-0.2, -0.15) is 0 Å².